The van der Waals surface area contributed by atoms with E-state index in [1.165, 1.54) is 116 Å². The van der Waals surface area contributed by atoms with Crippen molar-refractivity contribution >= 4 is 5.91 Å². The number of nitrogens with one attached hydrogen (secondary N) is 1. The minimum absolute atomic E-state index is 0.467. The molecule has 0 heterocycles. The molecule has 0 aliphatic carbocycles. The fraction of sp³-hybridized carbons (Fsp3) is 0.960. The van der Waals surface area contributed by atoms with E-state index in [9.17, 15) is 4.79 Å². The van der Waals surface area contributed by atoms with Gasteiger partial charge in [-0.25, -0.2) is 0 Å². The van der Waals surface area contributed by atoms with Gasteiger partial charge >= 0.3 is 0 Å². The van der Waals surface area contributed by atoms with E-state index in [1.807, 2.05) is 0 Å². The van der Waals surface area contributed by atoms with E-state index in [0.717, 1.165) is 12.8 Å². The molecule has 0 rings (SSSR count). The maximum Gasteiger partial charge on any atom is 0.251 e. The van der Waals surface area contributed by atoms with Crippen molar-refractivity contribution in [2.45, 2.75) is 141 Å². The Morgan fingerprint density at radius 3 is 1.24 bits per heavy atom. The Kier molecular flexibility index (Phi) is 23.2. The molecular formula is C25H51NO3. The lowest BCUT2D eigenvalue weighted by molar-refractivity contribution is -0.131. The second-order valence-corrected chi connectivity index (χ2v) is 8.71. The maximum atomic E-state index is 11.3. The predicted octanol–water partition coefficient (Wildman–Crippen LogP) is 6.28. The highest BCUT2D eigenvalue weighted by Gasteiger charge is 2.11. The fourth-order valence-corrected chi connectivity index (χ4v) is 3.79. The average molecular weight is 414 g/mol. The van der Waals surface area contributed by atoms with Crippen LogP contribution in [0.1, 0.15) is 135 Å². The zero-order valence-electron chi connectivity index (χ0n) is 19.4. The molecule has 0 bridgehead atoms. The maximum absolute atomic E-state index is 11.3. The number of hydrogen-bond acceptors (Lipinski definition) is 3. The number of aliphatic hydroxyl groups is 2. The van der Waals surface area contributed by atoms with E-state index in [1.54, 1.807) is 0 Å². The van der Waals surface area contributed by atoms with E-state index in [2.05, 4.69) is 12.2 Å². The second-order valence-electron chi connectivity index (χ2n) is 8.71. The number of rotatable bonds is 23. The summed E-state index contributed by atoms with van der Waals surface area (Å²) in [5.41, 5.74) is 0. The molecule has 0 aromatic heterocycles. The summed E-state index contributed by atoms with van der Waals surface area (Å²) in [7, 11) is 0. The van der Waals surface area contributed by atoms with Crippen molar-refractivity contribution in [2.75, 3.05) is 13.2 Å². The molecule has 1 amide bonds. The first-order chi connectivity index (χ1) is 14.2. The zero-order valence-corrected chi connectivity index (χ0v) is 19.4. The number of carbonyl (C=O) groups excluding carboxylic acids is 1. The number of carbonyl (C=O) groups is 1. The van der Waals surface area contributed by atoms with Gasteiger partial charge in [0.25, 0.3) is 5.91 Å². The van der Waals surface area contributed by atoms with Crippen molar-refractivity contribution in [1.29, 1.82) is 0 Å². The van der Waals surface area contributed by atoms with Crippen molar-refractivity contribution < 1.29 is 15.0 Å². The monoisotopic (exact) mass is 413 g/mol. The molecule has 4 heteroatoms. The number of amides is 1. The fourth-order valence-electron chi connectivity index (χ4n) is 3.79. The van der Waals surface area contributed by atoms with Crippen LogP contribution in [0, 0.1) is 0 Å². The second kappa shape index (κ2) is 23.7. The smallest absolute Gasteiger partial charge is 0.251 e. The molecule has 3 N–H and O–H groups in total. The van der Waals surface area contributed by atoms with Gasteiger partial charge in [0.15, 0.2) is 6.10 Å². The Bertz CT molecular complexity index is 336. The Morgan fingerprint density at radius 2 is 0.931 bits per heavy atom. The van der Waals surface area contributed by atoms with E-state index < -0.39 is 18.6 Å². The third-order valence-electron chi connectivity index (χ3n) is 5.81. The lowest BCUT2D eigenvalue weighted by Gasteiger charge is -2.08. The van der Waals surface area contributed by atoms with Crippen LogP contribution in [-0.4, -0.2) is 35.4 Å². The molecule has 4 nitrogen and oxygen atoms in total. The SMILES string of the molecule is CCCCCCCCCCCCCCCCCCCCCCNC(=O)C(O)CO. The predicted molar refractivity (Wildman–Crippen MR) is 124 cm³/mol. The van der Waals surface area contributed by atoms with Crippen LogP contribution in [0.25, 0.3) is 0 Å². The zero-order chi connectivity index (χ0) is 21.4. The summed E-state index contributed by atoms with van der Waals surface area (Å²) in [6.07, 6.45) is 25.9. The Labute approximate surface area is 181 Å². The summed E-state index contributed by atoms with van der Waals surface area (Å²) in [4.78, 5) is 11.3. The van der Waals surface area contributed by atoms with Gasteiger partial charge in [-0.1, -0.05) is 129 Å². The van der Waals surface area contributed by atoms with Gasteiger partial charge in [-0.05, 0) is 6.42 Å². The summed E-state index contributed by atoms with van der Waals surface area (Å²) in [5.74, 6) is -0.467. The lowest BCUT2D eigenvalue weighted by Crippen LogP contribution is -2.37. The number of hydrogen-bond donors (Lipinski definition) is 3. The topological polar surface area (TPSA) is 69.6 Å². The van der Waals surface area contributed by atoms with E-state index in [4.69, 9.17) is 10.2 Å². The van der Waals surface area contributed by atoms with Crippen molar-refractivity contribution in [1.82, 2.24) is 5.32 Å². The molecule has 0 aliphatic rings. The van der Waals surface area contributed by atoms with Crippen LogP contribution in [0.3, 0.4) is 0 Å². The van der Waals surface area contributed by atoms with Crippen molar-refractivity contribution in [3.8, 4) is 0 Å². The quantitative estimate of drug-likeness (QED) is 0.173. The van der Waals surface area contributed by atoms with Crippen LogP contribution in [0.5, 0.6) is 0 Å². The molecule has 174 valence electrons. The minimum atomic E-state index is -1.28. The molecule has 0 aromatic carbocycles. The Hall–Kier alpha value is -0.610. The van der Waals surface area contributed by atoms with Crippen molar-refractivity contribution in [2.24, 2.45) is 0 Å². The molecule has 0 fully saturated rings. The molecule has 1 unspecified atom stereocenters. The lowest BCUT2D eigenvalue weighted by atomic mass is 10.0. The molecule has 0 aliphatic heterocycles. The summed E-state index contributed by atoms with van der Waals surface area (Å²) < 4.78 is 0. The van der Waals surface area contributed by atoms with Crippen LogP contribution >= 0.6 is 0 Å². The van der Waals surface area contributed by atoms with Crippen LogP contribution in [0.2, 0.25) is 0 Å². The van der Waals surface area contributed by atoms with Gasteiger partial charge in [-0.3, -0.25) is 4.79 Å². The van der Waals surface area contributed by atoms with E-state index in [-0.39, 0.29) is 0 Å². The van der Waals surface area contributed by atoms with Gasteiger partial charge in [0.1, 0.15) is 0 Å². The third-order valence-corrected chi connectivity index (χ3v) is 5.81. The summed E-state index contributed by atoms with van der Waals surface area (Å²) >= 11 is 0. The van der Waals surface area contributed by atoms with Gasteiger partial charge in [0.05, 0.1) is 6.61 Å². The molecule has 29 heavy (non-hydrogen) atoms. The van der Waals surface area contributed by atoms with Gasteiger partial charge in [-0.2, -0.15) is 0 Å². The first kappa shape index (κ1) is 28.4. The Balaban J connectivity index is 3.07. The highest BCUT2D eigenvalue weighted by Crippen LogP contribution is 2.14. The number of aliphatic hydroxyl groups excluding tert-OH is 2. The molecule has 0 aromatic rings. The van der Waals surface area contributed by atoms with Crippen molar-refractivity contribution in [3.63, 3.8) is 0 Å². The van der Waals surface area contributed by atoms with Crippen LogP contribution in [0.4, 0.5) is 0 Å². The number of unbranched alkanes of at least 4 members (excludes halogenated alkanes) is 19. The molecular weight excluding hydrogens is 362 g/mol. The first-order valence-corrected chi connectivity index (χ1v) is 12.8. The largest absolute Gasteiger partial charge is 0.393 e. The van der Waals surface area contributed by atoms with E-state index >= 15 is 0 Å². The van der Waals surface area contributed by atoms with Crippen LogP contribution in [0.15, 0.2) is 0 Å². The molecule has 0 saturated heterocycles. The molecule has 0 saturated carbocycles. The first-order valence-electron chi connectivity index (χ1n) is 12.8. The average Bonchev–Trinajstić information content (AvgIpc) is 2.74. The van der Waals surface area contributed by atoms with Crippen molar-refractivity contribution in [3.05, 3.63) is 0 Å². The summed E-state index contributed by atoms with van der Waals surface area (Å²) in [5, 5.41) is 20.4. The summed E-state index contributed by atoms with van der Waals surface area (Å²) in [6, 6.07) is 0. The minimum Gasteiger partial charge on any atom is -0.393 e. The van der Waals surface area contributed by atoms with Gasteiger partial charge < -0.3 is 15.5 Å². The van der Waals surface area contributed by atoms with Crippen LogP contribution < -0.4 is 5.32 Å². The molecule has 1 atom stereocenters. The van der Waals surface area contributed by atoms with Gasteiger partial charge in [-0.15, -0.1) is 0 Å². The molecule has 0 radical (unpaired) electrons. The highest BCUT2D eigenvalue weighted by atomic mass is 16.3. The van der Waals surface area contributed by atoms with Gasteiger partial charge in [0.2, 0.25) is 0 Å². The third kappa shape index (κ3) is 21.9. The Morgan fingerprint density at radius 1 is 0.621 bits per heavy atom. The standard InChI is InChI=1S/C25H51NO3/c1-2-3-4-5-6-7-8-9-10-11-12-13-14-15-16-17-18-19-20-21-22-26-25(29)24(28)23-27/h24,27-28H,2-23H2,1H3,(H,26,29). The highest BCUT2D eigenvalue weighted by molar-refractivity contribution is 5.80. The van der Waals surface area contributed by atoms with Crippen LogP contribution in [-0.2, 0) is 4.79 Å². The van der Waals surface area contributed by atoms with E-state index in [0.29, 0.717) is 6.54 Å². The van der Waals surface area contributed by atoms with Gasteiger partial charge in [0, 0.05) is 6.54 Å². The molecule has 0 spiro atoms. The normalized spacial score (nSPS) is 12.2. The summed E-state index contributed by atoms with van der Waals surface area (Å²) in [6.45, 7) is 2.37.